The molecule has 2 aromatic carbocycles. The van der Waals surface area contributed by atoms with Gasteiger partial charge in [0, 0.05) is 56.2 Å². The molecule has 1 saturated heterocycles. The van der Waals surface area contributed by atoms with Gasteiger partial charge in [0.1, 0.15) is 11.4 Å². The summed E-state index contributed by atoms with van der Waals surface area (Å²) in [6.07, 6.45) is 1.34. The molecule has 1 aliphatic heterocycles. The number of alkyl halides is 1. The number of imidazole rings is 1. The number of rotatable bonds is 9. The van der Waals surface area contributed by atoms with E-state index in [-0.39, 0.29) is 18.8 Å². The second-order valence-electron chi connectivity index (χ2n) is 9.66. The zero-order valence-electron chi connectivity index (χ0n) is 21.3. The van der Waals surface area contributed by atoms with Crippen molar-refractivity contribution >= 4 is 34.0 Å². The molecule has 1 aliphatic rings. The standard InChI is InChI=1S/C28H32ClFN6O2/c1-18-14-21(36-12-10-35(11-13-36)9-3-7-30)16-23-26(18)34-27(33-23)25-22(6-8-31-28(25)38)32-17-24(37)19-4-2-5-20(29)15-19/h2,4-6,8,14-16,24,37H,3,7,9-13,17H2,1H3,(H,33,34)(H2,31,32,38)/t24-/m1/s1. The number of hydrogen-bond acceptors (Lipinski definition) is 6. The van der Waals surface area contributed by atoms with E-state index in [9.17, 15) is 14.3 Å². The van der Waals surface area contributed by atoms with Gasteiger partial charge in [0.15, 0.2) is 0 Å². The second kappa shape index (κ2) is 11.6. The summed E-state index contributed by atoms with van der Waals surface area (Å²) < 4.78 is 12.5. The third kappa shape index (κ3) is 5.70. The molecule has 0 spiro atoms. The molecule has 0 bridgehead atoms. The van der Waals surface area contributed by atoms with Crippen molar-refractivity contribution in [3.63, 3.8) is 0 Å². The zero-order chi connectivity index (χ0) is 26.6. The third-order valence-corrected chi connectivity index (χ3v) is 7.26. The molecule has 5 rings (SSSR count). The van der Waals surface area contributed by atoms with E-state index in [2.05, 4.69) is 37.2 Å². The minimum absolute atomic E-state index is 0.192. The fraction of sp³-hybridized carbons (Fsp3) is 0.357. The largest absolute Gasteiger partial charge is 0.387 e. The van der Waals surface area contributed by atoms with Crippen LogP contribution in [0.4, 0.5) is 15.8 Å². The van der Waals surface area contributed by atoms with Gasteiger partial charge in [-0.1, -0.05) is 23.7 Å². The van der Waals surface area contributed by atoms with Crippen LogP contribution in [0, 0.1) is 6.92 Å². The molecule has 0 radical (unpaired) electrons. The molecule has 4 N–H and O–H groups in total. The highest BCUT2D eigenvalue weighted by atomic mass is 35.5. The number of nitrogens with one attached hydrogen (secondary N) is 3. The van der Waals surface area contributed by atoms with Gasteiger partial charge in [-0.05, 0) is 54.8 Å². The molecule has 1 fully saturated rings. The Bertz CT molecular complexity index is 1460. The molecule has 4 aromatic rings. The van der Waals surface area contributed by atoms with Crippen LogP contribution in [0.1, 0.15) is 23.7 Å². The molecule has 8 nitrogen and oxygen atoms in total. The van der Waals surface area contributed by atoms with Crippen LogP contribution in [0.2, 0.25) is 5.02 Å². The summed E-state index contributed by atoms with van der Waals surface area (Å²) in [5.74, 6) is 0.456. The molecule has 38 heavy (non-hydrogen) atoms. The number of aliphatic hydroxyl groups excluding tert-OH is 1. The Hall–Kier alpha value is -3.40. The van der Waals surface area contributed by atoms with Gasteiger partial charge in [-0.15, -0.1) is 0 Å². The average Bonchev–Trinajstić information content (AvgIpc) is 3.35. The highest BCUT2D eigenvalue weighted by Gasteiger charge is 2.20. The molecule has 2 aromatic heterocycles. The Balaban J connectivity index is 1.38. The van der Waals surface area contributed by atoms with Crippen molar-refractivity contribution in [2.75, 3.05) is 56.2 Å². The number of aromatic amines is 2. The highest BCUT2D eigenvalue weighted by molar-refractivity contribution is 6.30. The number of benzene rings is 2. The number of piperazine rings is 1. The lowest BCUT2D eigenvalue weighted by atomic mass is 10.1. The Morgan fingerprint density at radius 2 is 2.00 bits per heavy atom. The van der Waals surface area contributed by atoms with Crippen molar-refractivity contribution in [3.8, 4) is 11.4 Å². The first-order valence-electron chi connectivity index (χ1n) is 12.9. The number of H-pyrrole nitrogens is 2. The molecule has 3 heterocycles. The van der Waals surface area contributed by atoms with Crippen molar-refractivity contribution in [2.45, 2.75) is 19.4 Å². The fourth-order valence-corrected chi connectivity index (χ4v) is 5.18. The first-order chi connectivity index (χ1) is 18.4. The lowest BCUT2D eigenvalue weighted by Gasteiger charge is -2.36. The van der Waals surface area contributed by atoms with E-state index in [0.717, 1.165) is 55.0 Å². The van der Waals surface area contributed by atoms with E-state index in [1.54, 1.807) is 36.5 Å². The van der Waals surface area contributed by atoms with Crippen molar-refractivity contribution in [1.29, 1.82) is 0 Å². The summed E-state index contributed by atoms with van der Waals surface area (Å²) in [6.45, 7) is 6.29. The number of pyridine rings is 1. The predicted molar refractivity (Wildman–Crippen MR) is 151 cm³/mol. The fourth-order valence-electron chi connectivity index (χ4n) is 4.98. The van der Waals surface area contributed by atoms with Gasteiger partial charge < -0.3 is 25.3 Å². The summed E-state index contributed by atoms with van der Waals surface area (Å²) in [5.41, 5.74) is 5.11. The van der Waals surface area contributed by atoms with E-state index < -0.39 is 6.10 Å². The summed E-state index contributed by atoms with van der Waals surface area (Å²) in [7, 11) is 0. The van der Waals surface area contributed by atoms with Crippen LogP contribution < -0.4 is 15.8 Å². The normalized spacial score (nSPS) is 15.2. The van der Waals surface area contributed by atoms with Crippen LogP contribution in [0.25, 0.3) is 22.4 Å². The number of halogens is 2. The van der Waals surface area contributed by atoms with Crippen LogP contribution >= 0.6 is 11.6 Å². The molecule has 10 heteroatoms. The summed E-state index contributed by atoms with van der Waals surface area (Å²) in [4.78, 5) is 28.4. The van der Waals surface area contributed by atoms with Gasteiger partial charge in [-0.2, -0.15) is 0 Å². The van der Waals surface area contributed by atoms with Crippen molar-refractivity contribution in [3.05, 3.63) is 75.2 Å². The van der Waals surface area contributed by atoms with E-state index in [0.29, 0.717) is 34.1 Å². The van der Waals surface area contributed by atoms with Crippen LogP contribution in [-0.4, -0.2) is 70.9 Å². The monoisotopic (exact) mass is 538 g/mol. The minimum atomic E-state index is -0.807. The summed E-state index contributed by atoms with van der Waals surface area (Å²) in [6, 6.07) is 13.0. The number of nitrogens with zero attached hydrogens (tertiary/aromatic N) is 3. The number of aromatic nitrogens is 3. The number of aliphatic hydroxyl groups is 1. The summed E-state index contributed by atoms with van der Waals surface area (Å²) in [5, 5.41) is 14.4. The van der Waals surface area contributed by atoms with Crippen LogP contribution in [0.5, 0.6) is 0 Å². The Morgan fingerprint density at radius 1 is 1.18 bits per heavy atom. The molecular formula is C28H32ClFN6O2. The van der Waals surface area contributed by atoms with Crippen molar-refractivity contribution in [2.24, 2.45) is 0 Å². The van der Waals surface area contributed by atoms with E-state index >= 15 is 0 Å². The Kier molecular flexibility index (Phi) is 7.97. The number of anilines is 2. The molecule has 0 amide bonds. The van der Waals surface area contributed by atoms with Crippen LogP contribution in [0.15, 0.2) is 53.5 Å². The van der Waals surface area contributed by atoms with E-state index in [4.69, 9.17) is 16.6 Å². The molecule has 0 unspecified atom stereocenters. The number of aryl methyl sites for hydroxylation is 1. The van der Waals surface area contributed by atoms with E-state index in [1.165, 1.54) is 0 Å². The molecular weight excluding hydrogens is 507 g/mol. The molecule has 0 saturated carbocycles. The maximum Gasteiger partial charge on any atom is 0.261 e. The number of fused-ring (bicyclic) bond motifs is 1. The quantitative estimate of drug-likeness (QED) is 0.250. The maximum absolute atomic E-state index is 12.9. The topological polar surface area (TPSA) is 100 Å². The maximum atomic E-state index is 12.9. The third-order valence-electron chi connectivity index (χ3n) is 7.02. The van der Waals surface area contributed by atoms with Gasteiger partial charge >= 0.3 is 0 Å². The van der Waals surface area contributed by atoms with Gasteiger partial charge in [-0.3, -0.25) is 14.1 Å². The Morgan fingerprint density at radius 3 is 2.76 bits per heavy atom. The highest BCUT2D eigenvalue weighted by Crippen LogP contribution is 2.30. The van der Waals surface area contributed by atoms with Gasteiger partial charge in [0.2, 0.25) is 0 Å². The molecule has 0 aliphatic carbocycles. The van der Waals surface area contributed by atoms with Crippen molar-refractivity contribution in [1.82, 2.24) is 19.9 Å². The SMILES string of the molecule is Cc1cc(N2CCN(CCCF)CC2)cc2[nH]c(-c3c(NC[C@@H](O)c4cccc(Cl)c4)cc[nH]c3=O)nc12. The van der Waals surface area contributed by atoms with Gasteiger partial charge in [0.25, 0.3) is 5.56 Å². The second-order valence-corrected chi connectivity index (χ2v) is 10.1. The van der Waals surface area contributed by atoms with E-state index in [1.807, 2.05) is 6.92 Å². The van der Waals surface area contributed by atoms with Gasteiger partial charge in [0.05, 0.1) is 29.5 Å². The minimum Gasteiger partial charge on any atom is -0.387 e. The lowest BCUT2D eigenvalue weighted by Crippen LogP contribution is -2.46. The summed E-state index contributed by atoms with van der Waals surface area (Å²) >= 11 is 6.06. The van der Waals surface area contributed by atoms with Crippen molar-refractivity contribution < 1.29 is 9.50 Å². The number of hydrogen-bond donors (Lipinski definition) is 4. The van der Waals surface area contributed by atoms with Gasteiger partial charge in [-0.25, -0.2) is 4.98 Å². The van der Waals surface area contributed by atoms with Crippen LogP contribution in [-0.2, 0) is 0 Å². The lowest BCUT2D eigenvalue weighted by molar-refractivity contribution is 0.191. The average molecular weight is 539 g/mol. The first-order valence-corrected chi connectivity index (χ1v) is 13.2. The molecule has 1 atom stereocenters. The smallest absolute Gasteiger partial charge is 0.261 e. The Labute approximate surface area is 225 Å². The molecule has 200 valence electrons. The first kappa shape index (κ1) is 26.2. The predicted octanol–water partition coefficient (Wildman–Crippen LogP) is 4.51. The van der Waals surface area contributed by atoms with Crippen LogP contribution in [0.3, 0.4) is 0 Å². The zero-order valence-corrected chi connectivity index (χ0v) is 22.1.